The Kier molecular flexibility index (Phi) is 11.9. The molecule has 5 aromatic rings. The second-order valence-electron chi connectivity index (χ2n) is 13.8. The predicted molar refractivity (Wildman–Crippen MR) is 201 cm³/mol. The molecule has 12 heteroatoms. The molecule has 1 aliphatic heterocycles. The summed E-state index contributed by atoms with van der Waals surface area (Å²) >= 11 is 5.94. The van der Waals surface area contributed by atoms with Gasteiger partial charge in [-0.1, -0.05) is 86.1 Å². The molecule has 1 fully saturated rings. The third kappa shape index (κ3) is 10.4. The minimum Gasteiger partial charge on any atom is -0.507 e. The number of hydrogen-bond donors (Lipinski definition) is 2. The average Bonchev–Trinajstić information content (AvgIpc) is 3.60. The molecule has 52 heavy (non-hydrogen) atoms. The van der Waals surface area contributed by atoms with Gasteiger partial charge in [0.25, 0.3) is 5.91 Å². The quantitative estimate of drug-likeness (QED) is 0.0995. The largest absolute Gasteiger partial charge is 0.507 e. The molecule has 0 bridgehead atoms. The molecule has 0 spiro atoms. The van der Waals surface area contributed by atoms with Gasteiger partial charge in [0.15, 0.2) is 0 Å². The van der Waals surface area contributed by atoms with Gasteiger partial charge in [-0.15, -0.1) is 0 Å². The zero-order valence-electron chi connectivity index (χ0n) is 29.6. The lowest BCUT2D eigenvalue weighted by atomic mass is 9.87. The molecule has 2 N–H and O–H groups in total. The second kappa shape index (κ2) is 16.9. The van der Waals surface area contributed by atoms with E-state index in [0.717, 1.165) is 35.5 Å². The molecule has 0 radical (unpaired) electrons. The average molecular weight is 723 g/mol. The van der Waals surface area contributed by atoms with Gasteiger partial charge in [0, 0.05) is 48.4 Å². The summed E-state index contributed by atoms with van der Waals surface area (Å²) in [5, 5.41) is 19.4. The predicted octanol–water partition coefficient (Wildman–Crippen LogP) is 6.82. The fraction of sp³-hybridized carbons (Fsp3) is 0.300. The van der Waals surface area contributed by atoms with Gasteiger partial charge in [-0.05, 0) is 58.5 Å². The van der Waals surface area contributed by atoms with Crippen LogP contribution in [0.1, 0.15) is 48.9 Å². The maximum absolute atomic E-state index is 12.6. The first-order chi connectivity index (χ1) is 25.1. The number of hydrogen-bond acceptors (Lipinski definition) is 10. The second-order valence-corrected chi connectivity index (χ2v) is 14.2. The maximum atomic E-state index is 12.6. The number of hydrazone groups is 1. The van der Waals surface area contributed by atoms with E-state index in [0.29, 0.717) is 60.9 Å². The van der Waals surface area contributed by atoms with E-state index in [2.05, 4.69) is 75.5 Å². The molecular formula is C40H43ClN6O5. The minimum atomic E-state index is -0.231. The Morgan fingerprint density at radius 1 is 0.885 bits per heavy atom. The smallest absolute Gasteiger partial charge is 0.254 e. The number of nitrogens with one attached hydrogen (secondary N) is 1. The van der Waals surface area contributed by atoms with Gasteiger partial charge in [0.1, 0.15) is 30.5 Å². The van der Waals surface area contributed by atoms with Gasteiger partial charge in [-0.25, -0.2) is 5.43 Å². The van der Waals surface area contributed by atoms with Gasteiger partial charge < -0.3 is 19.1 Å². The zero-order chi connectivity index (χ0) is 36.5. The summed E-state index contributed by atoms with van der Waals surface area (Å²) in [7, 11) is 0. The van der Waals surface area contributed by atoms with E-state index in [9.17, 15) is 9.90 Å². The number of amides is 1. The molecule has 2 heterocycles. The molecule has 1 saturated heterocycles. The zero-order valence-corrected chi connectivity index (χ0v) is 30.3. The molecule has 6 rings (SSSR count). The van der Waals surface area contributed by atoms with Crippen LogP contribution in [0, 0.1) is 0 Å². The number of rotatable bonds is 13. The van der Waals surface area contributed by atoms with Crippen LogP contribution in [0.5, 0.6) is 17.2 Å². The SMILES string of the molecule is CC(C)(C)c1ccc(COc2ccc(C=NNC(=O)CN3CCN(Cc4nc(-c5ccc(COc6ccc(Cl)cc6)cc5)no4)CC3)c(O)c2)cc1. The first kappa shape index (κ1) is 36.6. The van der Waals surface area contributed by atoms with Crippen LogP contribution in [0.15, 0.2) is 101 Å². The van der Waals surface area contributed by atoms with Gasteiger partial charge in [0.05, 0.1) is 19.3 Å². The van der Waals surface area contributed by atoms with Crippen LogP contribution in [0.2, 0.25) is 5.02 Å². The molecule has 4 aromatic carbocycles. The number of carbonyl (C=O) groups is 1. The molecule has 0 atom stereocenters. The number of benzene rings is 4. The Balaban J connectivity index is 0.888. The normalized spacial score (nSPS) is 14.1. The fourth-order valence-electron chi connectivity index (χ4n) is 5.58. The molecule has 1 aliphatic rings. The van der Waals surface area contributed by atoms with Gasteiger partial charge >= 0.3 is 0 Å². The third-order valence-corrected chi connectivity index (χ3v) is 8.96. The number of halogens is 1. The maximum Gasteiger partial charge on any atom is 0.254 e. The molecule has 0 saturated carbocycles. The Hall–Kier alpha value is -5.23. The van der Waals surface area contributed by atoms with Crippen molar-refractivity contribution < 1.29 is 23.9 Å². The highest BCUT2D eigenvalue weighted by Gasteiger charge is 2.21. The Morgan fingerprint density at radius 3 is 2.15 bits per heavy atom. The number of aromatic hydroxyl groups is 1. The number of aromatic nitrogens is 2. The van der Waals surface area contributed by atoms with E-state index >= 15 is 0 Å². The Labute approximate surface area is 308 Å². The van der Waals surface area contributed by atoms with Crippen molar-refractivity contribution >= 4 is 23.7 Å². The monoisotopic (exact) mass is 722 g/mol. The lowest BCUT2D eigenvalue weighted by molar-refractivity contribution is -0.122. The van der Waals surface area contributed by atoms with E-state index in [1.165, 1.54) is 11.8 Å². The van der Waals surface area contributed by atoms with Crippen molar-refractivity contribution in [1.29, 1.82) is 0 Å². The minimum absolute atomic E-state index is 0.0114. The standard InChI is InChI=1S/C40H43ClN6O5/c1-40(2,3)32-11-6-29(7-12-32)27-51-35-15-10-31(36(48)22-35)23-42-44-37(49)24-46-18-20-47(21-19-46)25-38-43-39(45-52-38)30-8-4-28(5-9-30)26-50-34-16-13-33(41)14-17-34/h4-17,22-23,48H,18-21,24-27H2,1-3H3,(H,44,49). The highest BCUT2D eigenvalue weighted by Crippen LogP contribution is 2.25. The summed E-state index contributed by atoms with van der Waals surface area (Å²) in [6.07, 6.45) is 1.42. The van der Waals surface area contributed by atoms with E-state index in [1.807, 2.05) is 36.4 Å². The number of ether oxygens (including phenoxy) is 2. The van der Waals surface area contributed by atoms with Gasteiger partial charge in [0.2, 0.25) is 11.7 Å². The molecule has 11 nitrogen and oxygen atoms in total. The summed E-state index contributed by atoms with van der Waals surface area (Å²) in [6.45, 7) is 11.0. The first-order valence-electron chi connectivity index (χ1n) is 17.2. The Morgan fingerprint density at radius 2 is 1.50 bits per heavy atom. The lowest BCUT2D eigenvalue weighted by Crippen LogP contribution is -2.48. The van der Waals surface area contributed by atoms with Crippen molar-refractivity contribution in [1.82, 2.24) is 25.4 Å². The van der Waals surface area contributed by atoms with Crippen molar-refractivity contribution in [2.45, 2.75) is 45.9 Å². The number of carbonyl (C=O) groups excluding carboxylic acids is 1. The van der Waals surface area contributed by atoms with Crippen LogP contribution in [0.25, 0.3) is 11.4 Å². The first-order valence-corrected chi connectivity index (χ1v) is 17.6. The molecule has 1 amide bonds. The van der Waals surface area contributed by atoms with Crippen LogP contribution < -0.4 is 14.9 Å². The van der Waals surface area contributed by atoms with Gasteiger partial charge in [-0.2, -0.15) is 10.1 Å². The van der Waals surface area contributed by atoms with Crippen LogP contribution >= 0.6 is 11.6 Å². The number of phenolic OH excluding ortho intramolecular Hbond substituents is 1. The van der Waals surface area contributed by atoms with Crippen molar-refractivity contribution in [3.8, 4) is 28.6 Å². The topological polar surface area (TPSA) is 126 Å². The summed E-state index contributed by atoms with van der Waals surface area (Å²) in [5.41, 5.74) is 7.30. The van der Waals surface area contributed by atoms with Crippen LogP contribution in [-0.2, 0) is 30.0 Å². The number of piperazine rings is 1. The van der Waals surface area contributed by atoms with Crippen LogP contribution in [0.4, 0.5) is 0 Å². The molecule has 1 aromatic heterocycles. The van der Waals surface area contributed by atoms with Crippen molar-refractivity contribution in [2.24, 2.45) is 5.10 Å². The fourth-order valence-corrected chi connectivity index (χ4v) is 5.71. The van der Waals surface area contributed by atoms with Crippen LogP contribution in [0.3, 0.4) is 0 Å². The lowest BCUT2D eigenvalue weighted by Gasteiger charge is -2.33. The molecular weight excluding hydrogens is 680 g/mol. The summed E-state index contributed by atoms with van der Waals surface area (Å²) in [5.74, 6) is 2.15. The van der Waals surface area contributed by atoms with Crippen LogP contribution in [-0.4, -0.2) is 69.9 Å². The molecule has 270 valence electrons. The van der Waals surface area contributed by atoms with Crippen molar-refractivity contribution in [3.05, 3.63) is 124 Å². The van der Waals surface area contributed by atoms with Gasteiger partial charge in [-0.3, -0.25) is 14.6 Å². The van der Waals surface area contributed by atoms with Crippen molar-refractivity contribution in [2.75, 3.05) is 32.7 Å². The van der Waals surface area contributed by atoms with Crippen molar-refractivity contribution in [3.63, 3.8) is 0 Å². The van der Waals surface area contributed by atoms with E-state index in [-0.39, 0.29) is 23.6 Å². The summed E-state index contributed by atoms with van der Waals surface area (Å²) in [4.78, 5) is 21.5. The third-order valence-electron chi connectivity index (χ3n) is 8.71. The number of phenols is 1. The van der Waals surface area contributed by atoms with E-state index in [1.54, 1.807) is 30.3 Å². The van der Waals surface area contributed by atoms with E-state index < -0.39 is 0 Å². The number of nitrogens with zero attached hydrogens (tertiary/aromatic N) is 5. The van der Waals surface area contributed by atoms with E-state index in [4.69, 9.17) is 25.6 Å². The molecule has 0 aliphatic carbocycles. The molecule has 0 unspecified atom stereocenters. The summed E-state index contributed by atoms with van der Waals surface area (Å²) < 4.78 is 17.2. The highest BCUT2D eigenvalue weighted by molar-refractivity contribution is 6.30. The highest BCUT2D eigenvalue weighted by atomic mass is 35.5. The summed E-state index contributed by atoms with van der Waals surface area (Å²) in [6, 6.07) is 28.5. The Bertz CT molecular complexity index is 1950.